The van der Waals surface area contributed by atoms with E-state index in [0.29, 0.717) is 13.2 Å². The number of rotatable bonds is 5. The van der Waals surface area contributed by atoms with Crippen molar-refractivity contribution in [3.63, 3.8) is 0 Å². The summed E-state index contributed by atoms with van der Waals surface area (Å²) in [6, 6.07) is 0. The number of hydrogen-bond donors (Lipinski definition) is 1. The van der Waals surface area contributed by atoms with Crippen LogP contribution in [0.5, 0.6) is 0 Å². The van der Waals surface area contributed by atoms with Gasteiger partial charge in [0.15, 0.2) is 0 Å². The van der Waals surface area contributed by atoms with Crippen LogP contribution in [0.3, 0.4) is 0 Å². The highest BCUT2D eigenvalue weighted by atomic mass is 16.7. The second kappa shape index (κ2) is 5.22. The van der Waals surface area contributed by atoms with Gasteiger partial charge in [-0.3, -0.25) is 0 Å². The Kier molecular flexibility index (Phi) is 4.22. The zero-order chi connectivity index (χ0) is 10.6. The van der Waals surface area contributed by atoms with Crippen LogP contribution in [0.1, 0.15) is 27.7 Å². The number of nitrogens with zero attached hydrogens (tertiary/aromatic N) is 1. The van der Waals surface area contributed by atoms with E-state index in [-0.39, 0.29) is 6.41 Å². The molecule has 0 unspecified atom stereocenters. The van der Waals surface area contributed by atoms with E-state index in [2.05, 4.69) is 24.1 Å². The number of ether oxygens (including phenoxy) is 2. The van der Waals surface area contributed by atoms with Crippen molar-refractivity contribution in [1.29, 1.82) is 0 Å². The minimum Gasteiger partial charge on any atom is -0.370 e. The van der Waals surface area contributed by atoms with Crippen molar-refractivity contribution in [3.05, 3.63) is 11.4 Å². The first-order chi connectivity index (χ1) is 6.70. The summed E-state index contributed by atoms with van der Waals surface area (Å²) in [4.78, 5) is 2.09. The normalized spacial score (nSPS) is 16.8. The summed E-state index contributed by atoms with van der Waals surface area (Å²) in [5, 5.41) is 3.26. The Morgan fingerprint density at radius 2 is 1.86 bits per heavy atom. The Balaban J connectivity index is 2.60. The van der Waals surface area contributed by atoms with E-state index in [1.165, 1.54) is 11.4 Å². The third-order valence-corrected chi connectivity index (χ3v) is 2.36. The van der Waals surface area contributed by atoms with Crippen molar-refractivity contribution < 1.29 is 9.47 Å². The molecule has 0 spiro atoms. The average molecular weight is 200 g/mol. The molecule has 1 rings (SSSR count). The second-order valence-corrected chi connectivity index (χ2v) is 3.23. The maximum atomic E-state index is 5.51. The first-order valence-corrected chi connectivity index (χ1v) is 5.11. The van der Waals surface area contributed by atoms with Crippen molar-refractivity contribution in [3.8, 4) is 0 Å². The molecule has 0 radical (unpaired) electrons. The van der Waals surface area contributed by atoms with Gasteiger partial charge in [0.2, 0.25) is 6.41 Å². The molecule has 82 valence electrons. The minimum absolute atomic E-state index is 0.255. The molecule has 0 saturated heterocycles. The van der Waals surface area contributed by atoms with Crippen LogP contribution in [0.25, 0.3) is 0 Å². The quantitative estimate of drug-likeness (QED) is 0.681. The molecule has 0 bridgehead atoms. The summed E-state index contributed by atoms with van der Waals surface area (Å²) < 4.78 is 11.0. The summed E-state index contributed by atoms with van der Waals surface area (Å²) in [5.74, 6) is 0. The molecule has 0 saturated carbocycles. The van der Waals surface area contributed by atoms with E-state index in [1.807, 2.05) is 13.8 Å². The van der Waals surface area contributed by atoms with E-state index >= 15 is 0 Å². The van der Waals surface area contributed by atoms with Gasteiger partial charge in [-0.1, -0.05) is 0 Å². The zero-order valence-corrected chi connectivity index (χ0v) is 9.46. The largest absolute Gasteiger partial charge is 0.370 e. The Labute approximate surface area is 85.9 Å². The average Bonchev–Trinajstić information content (AvgIpc) is 2.48. The van der Waals surface area contributed by atoms with Gasteiger partial charge in [0.05, 0.1) is 6.67 Å². The van der Waals surface area contributed by atoms with Gasteiger partial charge in [0.1, 0.15) is 0 Å². The molecular weight excluding hydrogens is 180 g/mol. The molecule has 0 aromatic heterocycles. The fraction of sp³-hybridized carbons (Fsp3) is 0.800. The molecule has 1 aliphatic rings. The summed E-state index contributed by atoms with van der Waals surface area (Å²) in [6.07, 6.45) is -0.255. The van der Waals surface area contributed by atoms with Gasteiger partial charge in [0, 0.05) is 24.6 Å². The monoisotopic (exact) mass is 200 g/mol. The van der Waals surface area contributed by atoms with E-state index in [0.717, 1.165) is 6.67 Å². The molecule has 4 nitrogen and oxygen atoms in total. The standard InChI is InChI=1S/C10H20N2O2/c1-5-13-10(14-6-2)12-7-11-8(3)9(12)4/h10-11H,5-7H2,1-4H3. The molecule has 0 aromatic rings. The van der Waals surface area contributed by atoms with Crippen molar-refractivity contribution in [2.75, 3.05) is 19.9 Å². The minimum atomic E-state index is -0.255. The summed E-state index contributed by atoms with van der Waals surface area (Å²) in [6.45, 7) is 10.2. The van der Waals surface area contributed by atoms with Crippen molar-refractivity contribution >= 4 is 0 Å². The third kappa shape index (κ3) is 2.39. The first-order valence-electron chi connectivity index (χ1n) is 5.11. The molecule has 0 amide bonds. The highest BCUT2D eigenvalue weighted by Crippen LogP contribution is 2.18. The van der Waals surface area contributed by atoms with Crippen LogP contribution in [0.2, 0.25) is 0 Å². The lowest BCUT2D eigenvalue weighted by molar-refractivity contribution is -0.208. The fourth-order valence-corrected chi connectivity index (χ4v) is 1.41. The molecule has 1 N–H and O–H groups in total. The van der Waals surface area contributed by atoms with Crippen LogP contribution in [0.15, 0.2) is 11.4 Å². The number of hydrogen-bond acceptors (Lipinski definition) is 4. The molecule has 0 aliphatic carbocycles. The molecule has 4 heteroatoms. The fourth-order valence-electron chi connectivity index (χ4n) is 1.41. The van der Waals surface area contributed by atoms with Gasteiger partial charge in [-0.25, -0.2) is 0 Å². The predicted molar refractivity (Wildman–Crippen MR) is 55.3 cm³/mol. The summed E-state index contributed by atoms with van der Waals surface area (Å²) >= 11 is 0. The lowest BCUT2D eigenvalue weighted by Gasteiger charge is -2.28. The van der Waals surface area contributed by atoms with Crippen LogP contribution in [-0.2, 0) is 9.47 Å². The van der Waals surface area contributed by atoms with Crippen LogP contribution in [0, 0.1) is 0 Å². The van der Waals surface area contributed by atoms with Crippen molar-refractivity contribution in [2.45, 2.75) is 34.1 Å². The van der Waals surface area contributed by atoms with Gasteiger partial charge < -0.3 is 19.7 Å². The Bertz CT molecular complexity index is 210. The Hall–Kier alpha value is -0.740. The highest BCUT2D eigenvalue weighted by Gasteiger charge is 2.24. The maximum absolute atomic E-state index is 5.51. The van der Waals surface area contributed by atoms with Gasteiger partial charge in [0.25, 0.3) is 0 Å². The van der Waals surface area contributed by atoms with E-state index in [4.69, 9.17) is 9.47 Å². The number of nitrogens with one attached hydrogen (secondary N) is 1. The van der Waals surface area contributed by atoms with Crippen LogP contribution < -0.4 is 5.32 Å². The molecule has 1 heterocycles. The second-order valence-electron chi connectivity index (χ2n) is 3.23. The van der Waals surface area contributed by atoms with Gasteiger partial charge in [-0.2, -0.15) is 0 Å². The van der Waals surface area contributed by atoms with Gasteiger partial charge in [-0.05, 0) is 27.7 Å². The lowest BCUT2D eigenvalue weighted by atomic mass is 10.4. The Morgan fingerprint density at radius 3 is 2.21 bits per heavy atom. The van der Waals surface area contributed by atoms with E-state index < -0.39 is 0 Å². The highest BCUT2D eigenvalue weighted by molar-refractivity contribution is 5.11. The summed E-state index contributed by atoms with van der Waals surface area (Å²) in [5.41, 5.74) is 2.38. The van der Waals surface area contributed by atoms with Crippen molar-refractivity contribution in [2.24, 2.45) is 0 Å². The van der Waals surface area contributed by atoms with Crippen LogP contribution >= 0.6 is 0 Å². The lowest BCUT2D eigenvalue weighted by Crippen LogP contribution is -2.38. The SMILES string of the molecule is CCOC(OCC)N1CNC(C)=C1C. The zero-order valence-electron chi connectivity index (χ0n) is 9.46. The van der Waals surface area contributed by atoms with Gasteiger partial charge in [-0.15, -0.1) is 0 Å². The molecule has 14 heavy (non-hydrogen) atoms. The topological polar surface area (TPSA) is 33.7 Å². The molecular formula is C10H20N2O2. The molecule has 0 aromatic carbocycles. The predicted octanol–water partition coefficient (Wildman–Crippen LogP) is 1.46. The first kappa shape index (κ1) is 11.3. The molecule has 1 aliphatic heterocycles. The number of allylic oxidation sites excluding steroid dienone is 2. The van der Waals surface area contributed by atoms with Crippen LogP contribution in [-0.4, -0.2) is 31.2 Å². The van der Waals surface area contributed by atoms with Gasteiger partial charge >= 0.3 is 0 Å². The smallest absolute Gasteiger partial charge is 0.241 e. The molecule has 0 atom stereocenters. The Morgan fingerprint density at radius 1 is 1.29 bits per heavy atom. The van der Waals surface area contributed by atoms with Crippen LogP contribution in [0.4, 0.5) is 0 Å². The third-order valence-electron chi connectivity index (χ3n) is 2.36. The molecule has 0 fully saturated rings. The van der Waals surface area contributed by atoms with E-state index in [1.54, 1.807) is 0 Å². The van der Waals surface area contributed by atoms with E-state index in [9.17, 15) is 0 Å². The summed E-state index contributed by atoms with van der Waals surface area (Å²) in [7, 11) is 0. The van der Waals surface area contributed by atoms with Crippen molar-refractivity contribution in [1.82, 2.24) is 10.2 Å². The maximum Gasteiger partial charge on any atom is 0.241 e.